The number of hydrogen-bond acceptors (Lipinski definition) is 1. The van der Waals surface area contributed by atoms with Gasteiger partial charge in [0, 0.05) is 19.3 Å². The zero-order valence-corrected chi connectivity index (χ0v) is 9.22. The van der Waals surface area contributed by atoms with E-state index < -0.39 is 0 Å². The molecule has 74 valence electrons. The van der Waals surface area contributed by atoms with Gasteiger partial charge in [0.05, 0.1) is 0 Å². The molecule has 0 radical (unpaired) electrons. The number of anilines is 1. The van der Waals surface area contributed by atoms with E-state index in [0.717, 1.165) is 0 Å². The quantitative estimate of drug-likeness (QED) is 0.603. The molecule has 1 nitrogen and oxygen atoms in total. The smallest absolute Gasteiger partial charge is 0.0432 e. The fourth-order valence-electron chi connectivity index (χ4n) is 3.01. The largest absolute Gasteiger partial charge is 0.374 e. The number of rotatable bonds is 0. The molecule has 0 spiro atoms. The highest BCUT2D eigenvalue weighted by molar-refractivity contribution is 5.69. The maximum Gasteiger partial charge on any atom is 0.0432 e. The highest BCUT2D eigenvalue weighted by Crippen LogP contribution is 2.47. The summed E-state index contributed by atoms with van der Waals surface area (Å²) in [6.45, 7) is 5.89. The molecule has 3 rings (SSSR count). The predicted octanol–water partition coefficient (Wildman–Crippen LogP) is 2.51. The minimum atomic E-state index is 0.424. The van der Waals surface area contributed by atoms with Crippen molar-refractivity contribution < 1.29 is 0 Å². The van der Waals surface area contributed by atoms with Gasteiger partial charge >= 0.3 is 0 Å². The third-order valence-electron chi connectivity index (χ3n) is 3.81. The van der Waals surface area contributed by atoms with Gasteiger partial charge in [-0.3, -0.25) is 0 Å². The lowest BCUT2D eigenvalue weighted by molar-refractivity contribution is 0.456. The van der Waals surface area contributed by atoms with Crippen molar-refractivity contribution >= 4 is 5.69 Å². The SMILES string of the molecule is CN1CCc2ccc3c(c21)CC3(C)C. The molecule has 0 saturated carbocycles. The van der Waals surface area contributed by atoms with Crippen molar-refractivity contribution in [2.75, 3.05) is 18.5 Å². The standard InChI is InChI=1S/C13H17N/c1-13(2)8-10-11(13)5-4-9-6-7-14(3)12(9)10/h4-5H,6-8H2,1-3H3. The monoisotopic (exact) mass is 187 g/mol. The molecule has 0 fully saturated rings. The maximum atomic E-state index is 2.42. The lowest BCUT2D eigenvalue weighted by Gasteiger charge is -2.40. The Bertz CT molecular complexity index is 404. The fourth-order valence-corrected chi connectivity index (χ4v) is 3.01. The van der Waals surface area contributed by atoms with Crippen molar-refractivity contribution in [1.82, 2.24) is 0 Å². The molecule has 0 atom stereocenters. The summed E-state index contributed by atoms with van der Waals surface area (Å²) in [7, 11) is 2.22. The molecule has 1 aromatic carbocycles. The normalized spacial score (nSPS) is 21.5. The van der Waals surface area contributed by atoms with Crippen LogP contribution in [0.2, 0.25) is 0 Å². The summed E-state index contributed by atoms with van der Waals surface area (Å²) in [5.74, 6) is 0. The van der Waals surface area contributed by atoms with Gasteiger partial charge in [-0.2, -0.15) is 0 Å². The fraction of sp³-hybridized carbons (Fsp3) is 0.538. The van der Waals surface area contributed by atoms with Gasteiger partial charge < -0.3 is 4.90 Å². The molecular formula is C13H17N. The van der Waals surface area contributed by atoms with Crippen molar-refractivity contribution in [1.29, 1.82) is 0 Å². The van der Waals surface area contributed by atoms with E-state index in [0.29, 0.717) is 5.41 Å². The Morgan fingerprint density at radius 1 is 1.29 bits per heavy atom. The van der Waals surface area contributed by atoms with Crippen LogP contribution in [0, 0.1) is 0 Å². The van der Waals surface area contributed by atoms with Gasteiger partial charge in [-0.05, 0) is 34.9 Å². The van der Waals surface area contributed by atoms with Crippen LogP contribution in [0.1, 0.15) is 30.5 Å². The molecule has 1 heterocycles. The van der Waals surface area contributed by atoms with Gasteiger partial charge in [0.1, 0.15) is 0 Å². The van der Waals surface area contributed by atoms with Crippen molar-refractivity contribution in [3.05, 3.63) is 28.8 Å². The summed E-state index contributed by atoms with van der Waals surface area (Å²) in [5.41, 5.74) is 6.72. The zero-order chi connectivity index (χ0) is 9.92. The highest BCUT2D eigenvalue weighted by Gasteiger charge is 2.38. The van der Waals surface area contributed by atoms with E-state index in [2.05, 4.69) is 37.9 Å². The van der Waals surface area contributed by atoms with Crippen LogP contribution < -0.4 is 4.90 Å². The number of fused-ring (bicyclic) bond motifs is 3. The number of benzene rings is 1. The molecule has 1 aliphatic heterocycles. The number of likely N-dealkylation sites (N-methyl/N-ethyl adjacent to an activating group) is 1. The van der Waals surface area contributed by atoms with E-state index in [9.17, 15) is 0 Å². The molecule has 0 N–H and O–H groups in total. The molecule has 2 aliphatic rings. The van der Waals surface area contributed by atoms with Crippen LogP contribution in [-0.4, -0.2) is 13.6 Å². The second-order valence-corrected chi connectivity index (χ2v) is 5.33. The lowest BCUT2D eigenvalue weighted by atomic mass is 9.65. The van der Waals surface area contributed by atoms with E-state index in [1.54, 1.807) is 22.4 Å². The van der Waals surface area contributed by atoms with Gasteiger partial charge in [-0.15, -0.1) is 0 Å². The first-order chi connectivity index (χ1) is 6.59. The zero-order valence-electron chi connectivity index (χ0n) is 9.22. The highest BCUT2D eigenvalue weighted by atomic mass is 15.1. The van der Waals surface area contributed by atoms with Gasteiger partial charge in [0.15, 0.2) is 0 Å². The topological polar surface area (TPSA) is 3.24 Å². The van der Waals surface area contributed by atoms with Crippen LogP contribution in [0.5, 0.6) is 0 Å². The molecule has 0 amide bonds. The summed E-state index contributed by atoms with van der Waals surface area (Å²) in [6.07, 6.45) is 2.50. The number of nitrogens with zero attached hydrogens (tertiary/aromatic N) is 1. The third-order valence-corrected chi connectivity index (χ3v) is 3.81. The molecule has 0 bridgehead atoms. The molecule has 1 heteroatoms. The van der Waals surface area contributed by atoms with Gasteiger partial charge in [0.2, 0.25) is 0 Å². The van der Waals surface area contributed by atoms with Crippen LogP contribution in [0.15, 0.2) is 12.1 Å². The Labute approximate surface area is 85.7 Å². The second kappa shape index (κ2) is 2.33. The average molecular weight is 187 g/mol. The molecule has 0 saturated heterocycles. The van der Waals surface area contributed by atoms with Gasteiger partial charge in [0.25, 0.3) is 0 Å². The molecular weight excluding hydrogens is 170 g/mol. The van der Waals surface area contributed by atoms with Crippen LogP contribution in [0.4, 0.5) is 5.69 Å². The Morgan fingerprint density at radius 2 is 2.07 bits per heavy atom. The van der Waals surface area contributed by atoms with Gasteiger partial charge in [-0.1, -0.05) is 26.0 Å². The lowest BCUT2D eigenvalue weighted by Crippen LogP contribution is -2.34. The van der Waals surface area contributed by atoms with Crippen molar-refractivity contribution in [3.63, 3.8) is 0 Å². The first-order valence-corrected chi connectivity index (χ1v) is 5.46. The second-order valence-electron chi connectivity index (χ2n) is 5.33. The van der Waals surface area contributed by atoms with E-state index in [-0.39, 0.29) is 0 Å². The Hall–Kier alpha value is -0.980. The summed E-state index contributed by atoms with van der Waals surface area (Å²) in [5, 5.41) is 0. The minimum Gasteiger partial charge on any atom is -0.374 e. The Morgan fingerprint density at radius 3 is 2.79 bits per heavy atom. The van der Waals surface area contributed by atoms with Crippen molar-refractivity contribution in [3.8, 4) is 0 Å². The first-order valence-electron chi connectivity index (χ1n) is 5.46. The van der Waals surface area contributed by atoms with E-state index in [1.807, 2.05) is 0 Å². The molecule has 1 aromatic rings. The predicted molar refractivity (Wildman–Crippen MR) is 60.1 cm³/mol. The minimum absolute atomic E-state index is 0.424. The summed E-state index contributed by atoms with van der Waals surface area (Å²) >= 11 is 0. The summed E-state index contributed by atoms with van der Waals surface area (Å²) < 4.78 is 0. The molecule has 0 aromatic heterocycles. The molecule has 1 aliphatic carbocycles. The van der Waals surface area contributed by atoms with E-state index in [1.165, 1.54) is 19.4 Å². The van der Waals surface area contributed by atoms with Crippen LogP contribution in [0.3, 0.4) is 0 Å². The Balaban J connectivity index is 2.20. The van der Waals surface area contributed by atoms with Gasteiger partial charge in [-0.25, -0.2) is 0 Å². The average Bonchev–Trinajstić information content (AvgIpc) is 2.46. The summed E-state index contributed by atoms with van der Waals surface area (Å²) in [4.78, 5) is 2.42. The Kier molecular flexibility index (Phi) is 1.39. The van der Waals surface area contributed by atoms with Crippen LogP contribution in [-0.2, 0) is 18.3 Å². The van der Waals surface area contributed by atoms with Crippen LogP contribution in [0.25, 0.3) is 0 Å². The van der Waals surface area contributed by atoms with E-state index >= 15 is 0 Å². The summed E-state index contributed by atoms with van der Waals surface area (Å²) in [6, 6.07) is 4.68. The van der Waals surface area contributed by atoms with Crippen molar-refractivity contribution in [2.24, 2.45) is 0 Å². The molecule has 14 heavy (non-hydrogen) atoms. The molecule has 0 unspecified atom stereocenters. The van der Waals surface area contributed by atoms with Crippen LogP contribution >= 0.6 is 0 Å². The first kappa shape index (κ1) is 8.34. The van der Waals surface area contributed by atoms with Crippen molar-refractivity contribution in [2.45, 2.75) is 32.1 Å². The maximum absolute atomic E-state index is 2.42. The van der Waals surface area contributed by atoms with E-state index in [4.69, 9.17) is 0 Å². The number of hydrogen-bond donors (Lipinski definition) is 0. The third kappa shape index (κ3) is 0.853.